The monoisotopic (exact) mass is 394 g/mol. The maximum atomic E-state index is 12.3. The number of phenols is 1. The van der Waals surface area contributed by atoms with Crippen molar-refractivity contribution in [2.24, 2.45) is 0 Å². The fraction of sp³-hybridized carbons (Fsp3) is 0. The first-order chi connectivity index (χ1) is 9.54. The number of phenolic OH excluding ortho intramolecular Hbond substituents is 1. The van der Waals surface area contributed by atoms with Gasteiger partial charge in [0.15, 0.2) is 11.5 Å². The molecule has 0 unspecified atom stereocenters. The third kappa shape index (κ3) is 2.39. The number of benzene rings is 2. The number of halogens is 2. The molecule has 0 saturated heterocycles. The van der Waals surface area contributed by atoms with Crippen molar-refractivity contribution in [1.29, 1.82) is 0 Å². The Morgan fingerprint density at radius 1 is 1.15 bits per heavy atom. The number of hydrogen-bond acceptors (Lipinski definition) is 3. The van der Waals surface area contributed by atoms with Crippen LogP contribution in [0, 0.1) is 0 Å². The van der Waals surface area contributed by atoms with Crippen molar-refractivity contribution < 1.29 is 14.6 Å². The molecular weight excluding hydrogens is 388 g/mol. The highest BCUT2D eigenvalue weighted by Gasteiger charge is 2.29. The molecule has 3 nitrogen and oxygen atoms in total. The van der Waals surface area contributed by atoms with E-state index in [9.17, 15) is 9.90 Å². The first-order valence-electron chi connectivity index (χ1n) is 5.77. The van der Waals surface area contributed by atoms with Gasteiger partial charge in [0.05, 0.1) is 10.0 Å². The van der Waals surface area contributed by atoms with Crippen molar-refractivity contribution in [3.8, 4) is 11.5 Å². The zero-order chi connectivity index (χ0) is 14.3. The minimum Gasteiger partial charge on any atom is -0.508 e. The van der Waals surface area contributed by atoms with Crippen molar-refractivity contribution in [2.75, 3.05) is 0 Å². The van der Waals surface area contributed by atoms with Crippen molar-refractivity contribution >= 4 is 43.7 Å². The van der Waals surface area contributed by atoms with Gasteiger partial charge in [0.2, 0.25) is 5.78 Å². The molecule has 20 heavy (non-hydrogen) atoms. The molecule has 0 saturated carbocycles. The quantitative estimate of drug-likeness (QED) is 0.721. The van der Waals surface area contributed by atoms with E-state index in [1.54, 1.807) is 36.4 Å². The number of Topliss-reactive ketones (excluding diaryl/α,β-unsaturated/α-hetero) is 1. The van der Waals surface area contributed by atoms with Crippen molar-refractivity contribution in [3.05, 3.63) is 62.2 Å². The molecule has 0 amide bonds. The van der Waals surface area contributed by atoms with Gasteiger partial charge in [-0.15, -0.1) is 0 Å². The van der Waals surface area contributed by atoms with Crippen LogP contribution in [0.1, 0.15) is 15.9 Å². The van der Waals surface area contributed by atoms with Gasteiger partial charge in [0.1, 0.15) is 5.75 Å². The molecule has 100 valence electrons. The molecule has 0 radical (unpaired) electrons. The lowest BCUT2D eigenvalue weighted by Crippen LogP contribution is -1.97. The predicted octanol–water partition coefficient (Wildman–Crippen LogP) is 4.53. The van der Waals surface area contributed by atoms with Crippen LogP contribution in [-0.2, 0) is 0 Å². The molecule has 5 heteroatoms. The second-order valence-corrected chi connectivity index (χ2v) is 6.07. The fourth-order valence-electron chi connectivity index (χ4n) is 1.98. The summed E-state index contributed by atoms with van der Waals surface area (Å²) in [6, 6.07) is 10.2. The van der Waals surface area contributed by atoms with E-state index in [1.165, 1.54) is 0 Å². The second kappa shape index (κ2) is 5.07. The van der Waals surface area contributed by atoms with Crippen LogP contribution >= 0.6 is 31.9 Å². The Morgan fingerprint density at radius 2 is 1.95 bits per heavy atom. The molecule has 0 atom stereocenters. The van der Waals surface area contributed by atoms with E-state index < -0.39 is 0 Å². The van der Waals surface area contributed by atoms with E-state index in [0.29, 0.717) is 16.9 Å². The zero-order valence-electron chi connectivity index (χ0n) is 10.1. The van der Waals surface area contributed by atoms with E-state index in [4.69, 9.17) is 4.74 Å². The van der Waals surface area contributed by atoms with Crippen LogP contribution in [0.25, 0.3) is 6.08 Å². The zero-order valence-corrected chi connectivity index (χ0v) is 13.2. The van der Waals surface area contributed by atoms with Crippen LogP contribution in [0.3, 0.4) is 0 Å². The fourth-order valence-corrected chi connectivity index (χ4v) is 3.29. The van der Waals surface area contributed by atoms with E-state index in [2.05, 4.69) is 31.9 Å². The maximum absolute atomic E-state index is 12.3. The third-order valence-electron chi connectivity index (χ3n) is 2.86. The first kappa shape index (κ1) is 13.4. The molecule has 2 aromatic rings. The lowest BCUT2D eigenvalue weighted by molar-refractivity contribution is 0.101. The third-order valence-corrected chi connectivity index (χ3v) is 3.90. The highest BCUT2D eigenvalue weighted by atomic mass is 79.9. The van der Waals surface area contributed by atoms with Gasteiger partial charge in [-0.1, -0.05) is 28.1 Å². The summed E-state index contributed by atoms with van der Waals surface area (Å²) in [6.07, 6.45) is 1.61. The molecule has 3 rings (SSSR count). The number of aromatic hydroxyl groups is 1. The Morgan fingerprint density at radius 3 is 2.70 bits per heavy atom. The van der Waals surface area contributed by atoms with Gasteiger partial charge in [0.25, 0.3) is 0 Å². The summed E-state index contributed by atoms with van der Waals surface area (Å²) in [4.78, 5) is 12.3. The molecule has 2 aromatic carbocycles. The number of ether oxygens (including phenoxy) is 1. The average molecular weight is 396 g/mol. The molecule has 0 bridgehead atoms. The van der Waals surface area contributed by atoms with Crippen LogP contribution in [0.4, 0.5) is 0 Å². The minimum atomic E-state index is -0.176. The maximum Gasteiger partial charge on any atom is 0.232 e. The van der Waals surface area contributed by atoms with Crippen LogP contribution in [0.5, 0.6) is 11.5 Å². The van der Waals surface area contributed by atoms with E-state index in [0.717, 1.165) is 8.95 Å². The number of fused-ring (bicyclic) bond motifs is 1. The van der Waals surface area contributed by atoms with Crippen LogP contribution in [-0.4, -0.2) is 10.9 Å². The predicted molar refractivity (Wildman–Crippen MR) is 82.9 cm³/mol. The summed E-state index contributed by atoms with van der Waals surface area (Å²) < 4.78 is 7.13. The number of ketones is 1. The number of hydrogen-bond donors (Lipinski definition) is 1. The normalized spacial score (nSPS) is 15.3. The van der Waals surface area contributed by atoms with Gasteiger partial charge in [-0.3, -0.25) is 4.79 Å². The molecule has 0 aromatic heterocycles. The van der Waals surface area contributed by atoms with Crippen LogP contribution < -0.4 is 4.74 Å². The molecule has 1 aliphatic heterocycles. The van der Waals surface area contributed by atoms with E-state index >= 15 is 0 Å². The van der Waals surface area contributed by atoms with Gasteiger partial charge in [-0.05, 0) is 51.8 Å². The highest BCUT2D eigenvalue weighted by molar-refractivity contribution is 9.11. The molecule has 1 heterocycles. The summed E-state index contributed by atoms with van der Waals surface area (Å²) >= 11 is 6.72. The summed E-state index contributed by atoms with van der Waals surface area (Å²) in [5, 5.41) is 9.44. The Kier molecular flexibility index (Phi) is 3.40. The molecule has 0 aliphatic carbocycles. The lowest BCUT2D eigenvalue weighted by atomic mass is 10.1. The van der Waals surface area contributed by atoms with Gasteiger partial charge in [0, 0.05) is 4.47 Å². The lowest BCUT2D eigenvalue weighted by Gasteiger charge is -2.01. The molecule has 0 spiro atoms. The Bertz CT molecular complexity index is 751. The smallest absolute Gasteiger partial charge is 0.232 e. The van der Waals surface area contributed by atoms with E-state index in [-0.39, 0.29) is 17.3 Å². The van der Waals surface area contributed by atoms with Crippen LogP contribution in [0.2, 0.25) is 0 Å². The van der Waals surface area contributed by atoms with Crippen molar-refractivity contribution in [3.63, 3.8) is 0 Å². The second-order valence-electron chi connectivity index (χ2n) is 4.30. The number of allylic oxidation sites excluding steroid dienone is 1. The SMILES string of the molecule is O=C1/C(=C/c2cccc(O)c2)Oc2c(Br)cc(Br)cc21. The van der Waals surface area contributed by atoms with Gasteiger partial charge in [-0.25, -0.2) is 0 Å². The number of rotatable bonds is 1. The molecular formula is C15H8Br2O3. The highest BCUT2D eigenvalue weighted by Crippen LogP contribution is 2.40. The summed E-state index contributed by atoms with van der Waals surface area (Å²) in [7, 11) is 0. The van der Waals surface area contributed by atoms with Crippen molar-refractivity contribution in [2.45, 2.75) is 0 Å². The van der Waals surface area contributed by atoms with Crippen LogP contribution in [0.15, 0.2) is 51.1 Å². The molecule has 0 fully saturated rings. The average Bonchev–Trinajstić information content (AvgIpc) is 2.68. The standard InChI is InChI=1S/C15H8Br2O3/c16-9-6-11-14(19)13(20-15(11)12(17)7-9)5-8-2-1-3-10(18)4-8/h1-7,18H/b13-5-. The van der Waals surface area contributed by atoms with Crippen molar-refractivity contribution in [1.82, 2.24) is 0 Å². The number of carbonyl (C=O) groups excluding carboxylic acids is 1. The first-order valence-corrected chi connectivity index (χ1v) is 7.35. The molecule has 1 aliphatic rings. The van der Waals surface area contributed by atoms with E-state index in [1.807, 2.05) is 6.07 Å². The Labute approximate surface area is 132 Å². The number of carbonyl (C=O) groups is 1. The largest absolute Gasteiger partial charge is 0.508 e. The Hall–Kier alpha value is -1.59. The summed E-state index contributed by atoms with van der Waals surface area (Å²) in [5.41, 5.74) is 1.22. The minimum absolute atomic E-state index is 0.145. The summed E-state index contributed by atoms with van der Waals surface area (Å²) in [6.45, 7) is 0. The summed E-state index contributed by atoms with van der Waals surface area (Å²) in [5.74, 6) is 0.727. The topological polar surface area (TPSA) is 46.5 Å². The van der Waals surface area contributed by atoms with Gasteiger partial charge < -0.3 is 9.84 Å². The molecule has 1 N–H and O–H groups in total. The Balaban J connectivity index is 2.04. The van der Waals surface area contributed by atoms with Gasteiger partial charge in [-0.2, -0.15) is 0 Å². The van der Waals surface area contributed by atoms with Gasteiger partial charge >= 0.3 is 0 Å².